The van der Waals surface area contributed by atoms with Gasteiger partial charge in [-0.1, -0.05) is 25.6 Å². The minimum absolute atomic E-state index is 0.497. The van der Waals surface area contributed by atoms with Crippen molar-refractivity contribution in [1.29, 1.82) is 0 Å². The summed E-state index contributed by atoms with van der Waals surface area (Å²) in [5.74, 6) is 3.55. The molecule has 98 valence electrons. The molecular formula is C12H22N2OS2. The molecule has 1 N–H and O–H groups in total. The second kappa shape index (κ2) is 6.23. The summed E-state index contributed by atoms with van der Waals surface area (Å²) in [4.78, 5) is 4.73. The summed E-state index contributed by atoms with van der Waals surface area (Å²) >= 11 is 1.85. The van der Waals surface area contributed by atoms with E-state index in [2.05, 4.69) is 19.2 Å². The van der Waals surface area contributed by atoms with Gasteiger partial charge in [0.1, 0.15) is 0 Å². The number of aliphatic imine (C=N–C) groups is 1. The molecule has 0 aliphatic carbocycles. The average molecular weight is 274 g/mol. The second-order valence-electron chi connectivity index (χ2n) is 5.30. The minimum atomic E-state index is -0.565. The zero-order chi connectivity index (χ0) is 12.3. The van der Waals surface area contributed by atoms with E-state index in [-0.39, 0.29) is 0 Å². The molecule has 2 heterocycles. The monoisotopic (exact) mass is 274 g/mol. The van der Waals surface area contributed by atoms with Gasteiger partial charge >= 0.3 is 0 Å². The van der Waals surface area contributed by atoms with Gasteiger partial charge in [-0.15, -0.1) is 0 Å². The predicted octanol–water partition coefficient (Wildman–Crippen LogP) is 2.00. The van der Waals surface area contributed by atoms with Crippen molar-refractivity contribution in [1.82, 2.24) is 5.32 Å². The number of thioether (sulfide) groups is 1. The van der Waals surface area contributed by atoms with E-state index in [1.807, 2.05) is 11.8 Å². The molecule has 2 rings (SSSR count). The van der Waals surface area contributed by atoms with Gasteiger partial charge in [-0.05, 0) is 25.2 Å². The maximum Gasteiger partial charge on any atom is 0.157 e. The van der Waals surface area contributed by atoms with Gasteiger partial charge < -0.3 is 5.32 Å². The van der Waals surface area contributed by atoms with E-state index in [9.17, 15) is 4.21 Å². The second-order valence-corrected chi connectivity index (χ2v) is 8.00. The lowest BCUT2D eigenvalue weighted by Gasteiger charge is -2.22. The summed E-state index contributed by atoms with van der Waals surface area (Å²) in [7, 11) is -0.565. The van der Waals surface area contributed by atoms with Crippen molar-refractivity contribution < 1.29 is 4.21 Å². The van der Waals surface area contributed by atoms with E-state index in [4.69, 9.17) is 4.99 Å². The van der Waals surface area contributed by atoms with Gasteiger partial charge in [-0.25, -0.2) is 0 Å². The van der Waals surface area contributed by atoms with E-state index >= 15 is 0 Å². The molecule has 17 heavy (non-hydrogen) atoms. The molecule has 1 saturated heterocycles. The topological polar surface area (TPSA) is 41.5 Å². The molecule has 0 radical (unpaired) electrons. The molecular weight excluding hydrogens is 252 g/mol. The molecule has 3 nitrogen and oxygen atoms in total. The Bertz CT molecular complexity index is 308. The number of hydrogen-bond acceptors (Lipinski definition) is 4. The first-order valence-electron chi connectivity index (χ1n) is 6.45. The molecule has 5 heteroatoms. The summed E-state index contributed by atoms with van der Waals surface area (Å²) in [6.07, 6.45) is 3.24. The third-order valence-electron chi connectivity index (χ3n) is 3.17. The van der Waals surface area contributed by atoms with Gasteiger partial charge in [-0.3, -0.25) is 9.20 Å². The van der Waals surface area contributed by atoms with Crippen LogP contribution in [0.5, 0.6) is 0 Å². The van der Waals surface area contributed by atoms with Gasteiger partial charge in [0.2, 0.25) is 0 Å². The van der Waals surface area contributed by atoms with Gasteiger partial charge in [0, 0.05) is 34.1 Å². The molecule has 0 aromatic heterocycles. The predicted molar refractivity (Wildman–Crippen MR) is 77.2 cm³/mol. The molecule has 1 fully saturated rings. The fourth-order valence-corrected chi connectivity index (χ4v) is 4.61. The van der Waals surface area contributed by atoms with Crippen LogP contribution in [0.15, 0.2) is 4.99 Å². The highest BCUT2D eigenvalue weighted by Crippen LogP contribution is 2.23. The summed E-state index contributed by atoms with van der Waals surface area (Å²) < 4.78 is 11.3. The van der Waals surface area contributed by atoms with Gasteiger partial charge in [0.05, 0.1) is 6.04 Å². The van der Waals surface area contributed by atoms with Crippen molar-refractivity contribution in [3.05, 3.63) is 0 Å². The van der Waals surface area contributed by atoms with Crippen LogP contribution in [0.2, 0.25) is 0 Å². The van der Waals surface area contributed by atoms with Crippen LogP contribution in [-0.2, 0) is 10.8 Å². The Balaban J connectivity index is 1.78. The Morgan fingerprint density at radius 3 is 2.82 bits per heavy atom. The zero-order valence-electron chi connectivity index (χ0n) is 10.6. The standard InChI is InChI=1S/C12H22N2OS2/c1-9(2)7-11-8-16-12(14-11)13-10-3-5-17(15)6-4-10/h9-11H,3-8H2,1-2H3,(H,13,14). The highest BCUT2D eigenvalue weighted by molar-refractivity contribution is 8.14. The Morgan fingerprint density at radius 2 is 2.18 bits per heavy atom. The molecule has 0 aromatic carbocycles. The number of hydrogen-bond donors (Lipinski definition) is 1. The largest absolute Gasteiger partial charge is 0.362 e. The summed E-state index contributed by atoms with van der Waals surface area (Å²) in [5.41, 5.74) is 0. The SMILES string of the molecule is CC(C)CC1CSC(NC2CCS(=O)CC2)=N1. The summed E-state index contributed by atoms with van der Waals surface area (Å²) in [5, 5.41) is 4.64. The molecule has 0 bridgehead atoms. The van der Waals surface area contributed by atoms with E-state index < -0.39 is 10.8 Å². The van der Waals surface area contributed by atoms with E-state index in [1.165, 1.54) is 6.42 Å². The first-order chi connectivity index (χ1) is 8.13. The van der Waals surface area contributed by atoms with Crippen molar-refractivity contribution >= 4 is 27.7 Å². The molecule has 0 amide bonds. The Morgan fingerprint density at radius 1 is 1.47 bits per heavy atom. The smallest absolute Gasteiger partial charge is 0.157 e. The molecule has 0 spiro atoms. The molecule has 2 aliphatic heterocycles. The summed E-state index contributed by atoms with van der Waals surface area (Å²) in [6.45, 7) is 4.50. The number of amidine groups is 1. The molecule has 2 aliphatic rings. The Labute approximate surface area is 111 Å². The van der Waals surface area contributed by atoms with Crippen LogP contribution in [0.25, 0.3) is 0 Å². The van der Waals surface area contributed by atoms with Crippen molar-refractivity contribution in [2.45, 2.75) is 45.2 Å². The minimum Gasteiger partial charge on any atom is -0.362 e. The van der Waals surface area contributed by atoms with Crippen LogP contribution < -0.4 is 5.32 Å². The molecule has 1 unspecified atom stereocenters. The van der Waals surface area contributed by atoms with E-state index in [1.54, 1.807) is 0 Å². The highest BCUT2D eigenvalue weighted by Gasteiger charge is 2.23. The number of rotatable bonds is 3. The first-order valence-corrected chi connectivity index (χ1v) is 8.93. The Hall–Kier alpha value is -0.0300. The van der Waals surface area contributed by atoms with E-state index in [0.717, 1.165) is 41.2 Å². The quantitative estimate of drug-likeness (QED) is 0.856. The van der Waals surface area contributed by atoms with Crippen LogP contribution in [0.1, 0.15) is 33.1 Å². The van der Waals surface area contributed by atoms with Gasteiger partial charge in [0.25, 0.3) is 0 Å². The normalized spacial score (nSPS) is 33.8. The molecule has 1 atom stereocenters. The van der Waals surface area contributed by atoms with Crippen molar-refractivity contribution in [3.8, 4) is 0 Å². The maximum absolute atomic E-state index is 11.3. The lowest BCUT2D eigenvalue weighted by Crippen LogP contribution is -2.37. The fourth-order valence-electron chi connectivity index (χ4n) is 2.27. The summed E-state index contributed by atoms with van der Waals surface area (Å²) in [6, 6.07) is 0.997. The van der Waals surface area contributed by atoms with Crippen LogP contribution in [-0.4, -0.2) is 38.7 Å². The fraction of sp³-hybridized carbons (Fsp3) is 0.917. The molecule has 0 aromatic rings. The Kier molecular flexibility index (Phi) is 4.91. The van der Waals surface area contributed by atoms with Gasteiger partial charge in [0.15, 0.2) is 5.17 Å². The first kappa shape index (κ1) is 13.4. The number of nitrogens with zero attached hydrogens (tertiary/aromatic N) is 1. The molecule has 0 saturated carbocycles. The van der Waals surface area contributed by atoms with Crippen LogP contribution >= 0.6 is 11.8 Å². The van der Waals surface area contributed by atoms with Gasteiger partial charge in [-0.2, -0.15) is 0 Å². The lowest BCUT2D eigenvalue weighted by atomic mass is 10.1. The van der Waals surface area contributed by atoms with Crippen molar-refractivity contribution in [2.75, 3.05) is 17.3 Å². The number of nitrogens with one attached hydrogen (secondary N) is 1. The van der Waals surface area contributed by atoms with E-state index in [0.29, 0.717) is 12.1 Å². The third-order valence-corrected chi connectivity index (χ3v) is 5.60. The zero-order valence-corrected chi connectivity index (χ0v) is 12.3. The van der Waals surface area contributed by atoms with Crippen LogP contribution in [0.4, 0.5) is 0 Å². The third kappa shape index (κ3) is 4.28. The highest BCUT2D eigenvalue weighted by atomic mass is 32.2. The van der Waals surface area contributed by atoms with Crippen LogP contribution in [0.3, 0.4) is 0 Å². The van der Waals surface area contributed by atoms with Crippen molar-refractivity contribution in [3.63, 3.8) is 0 Å². The van der Waals surface area contributed by atoms with Crippen molar-refractivity contribution in [2.24, 2.45) is 10.9 Å². The maximum atomic E-state index is 11.3. The average Bonchev–Trinajstić information content (AvgIpc) is 2.68. The lowest BCUT2D eigenvalue weighted by molar-refractivity contribution is 0.524. The van der Waals surface area contributed by atoms with Crippen LogP contribution in [0, 0.1) is 5.92 Å².